The van der Waals surface area contributed by atoms with Crippen molar-refractivity contribution in [1.29, 1.82) is 0 Å². The van der Waals surface area contributed by atoms with E-state index in [0.717, 1.165) is 66.4 Å². The lowest BCUT2D eigenvalue weighted by Crippen LogP contribution is -1.98. The van der Waals surface area contributed by atoms with Crippen LogP contribution in [0.3, 0.4) is 0 Å². The Hall–Kier alpha value is -8.08. The molecule has 0 radical (unpaired) electrons. The van der Waals surface area contributed by atoms with Crippen LogP contribution in [0.1, 0.15) is 44.5 Å². The molecule has 0 aliphatic heterocycles. The first-order chi connectivity index (χ1) is 33.0. The Kier molecular flexibility index (Phi) is 10.6. The zero-order valence-electron chi connectivity index (χ0n) is 40.0. The third kappa shape index (κ3) is 7.52. The summed E-state index contributed by atoms with van der Waals surface area (Å²) in [4.78, 5) is 20.9. The van der Waals surface area contributed by atoms with Crippen LogP contribution >= 0.6 is 0 Å². The molecule has 0 amide bonds. The van der Waals surface area contributed by atoms with Gasteiger partial charge in [0.1, 0.15) is 0 Å². The molecular formula is C64H52N4. The number of para-hydroxylation sites is 4. The second kappa shape index (κ2) is 17.0. The molecule has 0 bridgehead atoms. The van der Waals surface area contributed by atoms with Crippen LogP contribution in [0.4, 0.5) is 0 Å². The van der Waals surface area contributed by atoms with E-state index in [2.05, 4.69) is 201 Å². The standard InChI is InChI=1S/2C32H26N2/c1-19-13-20(2)16-23(15-19)29-25-9-5-6-10-26(25)30(24-17-21(3)14-22(4)18-24)32-31(29)33-27-11-7-8-12-28(27)34-32;1-19-13-15-23(21(3)17-19)29-25-9-5-6-10-26(25)30(24-16-14-20(2)18-22(24)4)32-31(29)33-27-11-7-8-12-28(27)34-32/h2*5-18H,1-4H3. The van der Waals surface area contributed by atoms with E-state index in [1.54, 1.807) is 0 Å². The first-order valence-electron chi connectivity index (χ1n) is 23.5. The van der Waals surface area contributed by atoms with Crippen molar-refractivity contribution in [2.24, 2.45) is 0 Å². The zero-order valence-corrected chi connectivity index (χ0v) is 40.0. The van der Waals surface area contributed by atoms with Crippen molar-refractivity contribution in [3.8, 4) is 44.5 Å². The molecule has 4 heteroatoms. The number of hydrogen-bond acceptors (Lipinski definition) is 4. The highest BCUT2D eigenvalue weighted by Crippen LogP contribution is 2.46. The van der Waals surface area contributed by atoms with Crippen LogP contribution in [0, 0.1) is 55.4 Å². The molecule has 68 heavy (non-hydrogen) atoms. The van der Waals surface area contributed by atoms with Gasteiger partial charge in [-0.05, 0) is 135 Å². The smallest absolute Gasteiger partial charge is 0.0985 e. The van der Waals surface area contributed by atoms with Crippen LogP contribution in [0.25, 0.3) is 110 Å². The van der Waals surface area contributed by atoms with Crippen molar-refractivity contribution in [3.05, 3.63) is 214 Å². The normalized spacial score (nSPS) is 11.5. The van der Waals surface area contributed by atoms with E-state index in [4.69, 9.17) is 19.9 Å². The van der Waals surface area contributed by atoms with Crippen LogP contribution in [0.5, 0.6) is 0 Å². The average molecular weight is 877 g/mol. The van der Waals surface area contributed by atoms with Gasteiger partial charge in [-0.25, -0.2) is 19.9 Å². The Bertz CT molecular complexity index is 3710. The maximum Gasteiger partial charge on any atom is 0.0985 e. The lowest BCUT2D eigenvalue weighted by Gasteiger charge is -2.19. The fraction of sp³-hybridized carbons (Fsp3) is 0.125. The third-order valence-corrected chi connectivity index (χ3v) is 13.3. The molecule has 2 aromatic heterocycles. The maximum atomic E-state index is 5.24. The molecule has 328 valence electrons. The van der Waals surface area contributed by atoms with Crippen LogP contribution in [0.2, 0.25) is 0 Å². The van der Waals surface area contributed by atoms with E-state index in [1.807, 2.05) is 24.3 Å². The fourth-order valence-corrected chi connectivity index (χ4v) is 10.6. The molecule has 0 fully saturated rings. The SMILES string of the molecule is Cc1cc(C)cc(-c2c3ccccc3c(-c3cc(C)cc(C)c3)c3nc4ccccc4nc23)c1.Cc1ccc(-c2c3ccccc3c(-c3ccc(C)cc3C)c3nc4ccccc4nc23)c(C)c1. The summed E-state index contributed by atoms with van der Waals surface area (Å²) < 4.78 is 0. The number of hydrogen-bond donors (Lipinski definition) is 0. The summed E-state index contributed by atoms with van der Waals surface area (Å²) in [5.74, 6) is 0. The van der Waals surface area contributed by atoms with Gasteiger partial charge in [0.2, 0.25) is 0 Å². The molecule has 0 spiro atoms. The Morgan fingerprint density at radius 2 is 0.529 bits per heavy atom. The summed E-state index contributed by atoms with van der Waals surface area (Å²) in [6.07, 6.45) is 0. The van der Waals surface area contributed by atoms with Gasteiger partial charge in [-0.2, -0.15) is 0 Å². The quantitative estimate of drug-likeness (QED) is 0.165. The molecule has 0 atom stereocenters. The molecule has 2 heterocycles. The van der Waals surface area contributed by atoms with Crippen LogP contribution in [0.15, 0.2) is 170 Å². The van der Waals surface area contributed by atoms with Gasteiger partial charge in [0, 0.05) is 22.3 Å². The highest BCUT2D eigenvalue weighted by Gasteiger charge is 2.23. The van der Waals surface area contributed by atoms with E-state index in [-0.39, 0.29) is 0 Å². The van der Waals surface area contributed by atoms with Gasteiger partial charge in [0.15, 0.2) is 0 Å². The molecule has 12 rings (SSSR count). The van der Waals surface area contributed by atoms with Gasteiger partial charge >= 0.3 is 0 Å². The first kappa shape index (κ1) is 42.5. The average Bonchev–Trinajstić information content (AvgIpc) is 3.31. The Morgan fingerprint density at radius 3 is 0.838 bits per heavy atom. The summed E-state index contributed by atoms with van der Waals surface area (Å²) in [5.41, 5.74) is 27.0. The van der Waals surface area contributed by atoms with Gasteiger partial charge in [0.25, 0.3) is 0 Å². The molecule has 4 nitrogen and oxygen atoms in total. The van der Waals surface area contributed by atoms with E-state index < -0.39 is 0 Å². The molecule has 12 aromatic rings. The van der Waals surface area contributed by atoms with Crippen molar-refractivity contribution in [3.63, 3.8) is 0 Å². The molecule has 0 aliphatic rings. The van der Waals surface area contributed by atoms with Crippen molar-refractivity contribution in [1.82, 2.24) is 19.9 Å². The van der Waals surface area contributed by atoms with E-state index in [9.17, 15) is 0 Å². The number of nitrogens with zero attached hydrogens (tertiary/aromatic N) is 4. The highest BCUT2D eigenvalue weighted by atomic mass is 14.8. The minimum Gasteiger partial charge on any atom is -0.244 e. The number of aryl methyl sites for hydroxylation is 8. The highest BCUT2D eigenvalue weighted by molar-refractivity contribution is 6.22. The molecule has 0 saturated carbocycles. The Morgan fingerprint density at radius 1 is 0.250 bits per heavy atom. The summed E-state index contributed by atoms with van der Waals surface area (Å²) in [5, 5.41) is 4.83. The monoisotopic (exact) mass is 876 g/mol. The molecule has 0 N–H and O–H groups in total. The van der Waals surface area contributed by atoms with Crippen LogP contribution in [-0.2, 0) is 0 Å². The predicted octanol–water partition coefficient (Wildman–Crippen LogP) is 17.0. The Labute approximate surface area is 398 Å². The molecule has 0 unspecified atom stereocenters. The Balaban J connectivity index is 0.000000149. The van der Waals surface area contributed by atoms with E-state index in [1.165, 1.54) is 88.3 Å². The maximum absolute atomic E-state index is 5.24. The van der Waals surface area contributed by atoms with E-state index in [0.29, 0.717) is 0 Å². The van der Waals surface area contributed by atoms with Gasteiger partial charge in [0.05, 0.1) is 44.1 Å². The summed E-state index contributed by atoms with van der Waals surface area (Å²) in [6, 6.07) is 60.6. The lowest BCUT2D eigenvalue weighted by molar-refractivity contribution is 1.36. The van der Waals surface area contributed by atoms with Crippen LogP contribution < -0.4 is 0 Å². The van der Waals surface area contributed by atoms with Crippen molar-refractivity contribution in [2.75, 3.05) is 0 Å². The number of benzene rings is 10. The van der Waals surface area contributed by atoms with E-state index >= 15 is 0 Å². The number of fused-ring (bicyclic) bond motifs is 6. The lowest BCUT2D eigenvalue weighted by atomic mass is 9.86. The first-order valence-corrected chi connectivity index (χ1v) is 23.5. The summed E-state index contributed by atoms with van der Waals surface area (Å²) in [7, 11) is 0. The topological polar surface area (TPSA) is 51.6 Å². The fourth-order valence-electron chi connectivity index (χ4n) is 10.6. The van der Waals surface area contributed by atoms with Gasteiger partial charge in [-0.15, -0.1) is 0 Å². The number of aromatic nitrogens is 4. The van der Waals surface area contributed by atoms with Crippen molar-refractivity contribution in [2.45, 2.75) is 55.4 Å². The predicted molar refractivity (Wildman–Crippen MR) is 289 cm³/mol. The van der Waals surface area contributed by atoms with Crippen molar-refractivity contribution >= 4 is 65.7 Å². The van der Waals surface area contributed by atoms with Crippen molar-refractivity contribution < 1.29 is 0 Å². The third-order valence-electron chi connectivity index (χ3n) is 13.3. The van der Waals surface area contributed by atoms with Crippen LogP contribution in [-0.4, -0.2) is 19.9 Å². The molecular weight excluding hydrogens is 825 g/mol. The summed E-state index contributed by atoms with van der Waals surface area (Å²) >= 11 is 0. The van der Waals surface area contributed by atoms with Gasteiger partial charge in [-0.1, -0.05) is 179 Å². The second-order valence-corrected chi connectivity index (χ2v) is 18.8. The second-order valence-electron chi connectivity index (χ2n) is 18.8. The largest absolute Gasteiger partial charge is 0.244 e. The zero-order chi connectivity index (χ0) is 46.8. The summed E-state index contributed by atoms with van der Waals surface area (Å²) in [6.45, 7) is 17.3. The molecule has 10 aromatic carbocycles. The minimum absolute atomic E-state index is 0.919. The minimum atomic E-state index is 0.919. The number of rotatable bonds is 4. The van der Waals surface area contributed by atoms with Gasteiger partial charge < -0.3 is 0 Å². The molecule has 0 aliphatic carbocycles. The molecule has 0 saturated heterocycles. The van der Waals surface area contributed by atoms with Gasteiger partial charge in [-0.3, -0.25) is 0 Å².